The maximum Gasteiger partial charge on any atom is 0.416 e. The number of alkyl halides is 6. The van der Waals surface area contributed by atoms with Gasteiger partial charge in [0, 0.05) is 51.2 Å². The maximum absolute atomic E-state index is 13.4. The van der Waals surface area contributed by atoms with Gasteiger partial charge in [-0.2, -0.15) is 26.3 Å². The normalized spacial score (nSPS) is 22.9. The number of piperidine rings is 1. The van der Waals surface area contributed by atoms with E-state index in [1.807, 2.05) is 18.2 Å². The third-order valence-electron chi connectivity index (χ3n) is 10.6. The number of likely N-dealkylation sites (tertiary alicyclic amines) is 2. The van der Waals surface area contributed by atoms with Crippen molar-refractivity contribution in [3.8, 4) is 0 Å². The van der Waals surface area contributed by atoms with E-state index in [0.717, 1.165) is 38.6 Å². The van der Waals surface area contributed by atoms with Crippen LogP contribution in [0.5, 0.6) is 0 Å². The lowest BCUT2D eigenvalue weighted by molar-refractivity contribution is -0.146. The Morgan fingerprint density at radius 2 is 1.48 bits per heavy atom. The minimum Gasteiger partial charge on any atom is -0.480 e. The van der Waals surface area contributed by atoms with E-state index in [4.69, 9.17) is 0 Å². The molecule has 1 aliphatic carbocycles. The average Bonchev–Trinajstić information content (AvgIpc) is 3.44. The molecule has 1 amide bonds. The third-order valence-corrected chi connectivity index (χ3v) is 10.6. The van der Waals surface area contributed by atoms with Crippen molar-refractivity contribution >= 4 is 11.9 Å². The largest absolute Gasteiger partial charge is 0.480 e. The number of carboxylic acids is 1. The molecule has 2 aliphatic heterocycles. The summed E-state index contributed by atoms with van der Waals surface area (Å²) in [6.45, 7) is 5.55. The summed E-state index contributed by atoms with van der Waals surface area (Å²) < 4.78 is 80.3. The van der Waals surface area contributed by atoms with Crippen LogP contribution in [0.4, 0.5) is 26.3 Å². The average molecular weight is 682 g/mol. The van der Waals surface area contributed by atoms with Gasteiger partial charge in [0.15, 0.2) is 0 Å². The van der Waals surface area contributed by atoms with Crippen LogP contribution in [0.15, 0.2) is 48.5 Å². The second-order valence-corrected chi connectivity index (χ2v) is 13.7. The van der Waals surface area contributed by atoms with E-state index in [1.54, 1.807) is 11.8 Å². The minimum absolute atomic E-state index is 0.0744. The Morgan fingerprint density at radius 1 is 0.875 bits per heavy atom. The van der Waals surface area contributed by atoms with Gasteiger partial charge in [-0.15, -0.1) is 0 Å². The van der Waals surface area contributed by atoms with Gasteiger partial charge in [-0.25, -0.2) is 0 Å². The zero-order chi connectivity index (χ0) is 34.6. The molecule has 0 spiro atoms. The van der Waals surface area contributed by atoms with Crippen molar-refractivity contribution in [2.45, 2.75) is 88.6 Å². The third kappa shape index (κ3) is 8.72. The quantitative estimate of drug-likeness (QED) is 0.266. The minimum atomic E-state index is -4.98. The van der Waals surface area contributed by atoms with Crippen molar-refractivity contribution in [3.05, 3.63) is 70.8 Å². The van der Waals surface area contributed by atoms with Gasteiger partial charge in [-0.3, -0.25) is 14.5 Å². The van der Waals surface area contributed by atoms with Crippen molar-refractivity contribution in [2.75, 3.05) is 39.3 Å². The number of nitrogens with zero attached hydrogens (tertiary/aromatic N) is 3. The fourth-order valence-corrected chi connectivity index (χ4v) is 8.28. The van der Waals surface area contributed by atoms with Crippen molar-refractivity contribution in [3.63, 3.8) is 0 Å². The van der Waals surface area contributed by atoms with E-state index in [2.05, 4.69) is 21.9 Å². The number of benzene rings is 2. The van der Waals surface area contributed by atoms with Crippen LogP contribution in [0.25, 0.3) is 0 Å². The van der Waals surface area contributed by atoms with E-state index in [9.17, 15) is 41.0 Å². The van der Waals surface area contributed by atoms with E-state index in [-0.39, 0.29) is 35.4 Å². The molecule has 12 heteroatoms. The Hall–Kier alpha value is -3.12. The summed E-state index contributed by atoms with van der Waals surface area (Å²) in [5.74, 6) is -0.712. The molecule has 1 saturated carbocycles. The van der Waals surface area contributed by atoms with Gasteiger partial charge in [-0.05, 0) is 73.8 Å². The number of carboxylic acid groups (broad SMARTS) is 1. The Morgan fingerprint density at radius 3 is 2.02 bits per heavy atom. The van der Waals surface area contributed by atoms with Crippen molar-refractivity contribution in [2.24, 2.45) is 11.8 Å². The molecule has 2 aromatic rings. The SMILES string of the molecule is CCN(C(=O)Cc1cc(C(F)(F)F)cc(C(F)(F)F)c1)C1CCN(CC2CN(C(C(=O)O)C3CCCCC3)CC2c2ccccc2)CC1. The Balaban J connectivity index is 1.24. The van der Waals surface area contributed by atoms with Crippen LogP contribution in [-0.4, -0.2) is 83.0 Å². The molecule has 0 radical (unpaired) electrons. The topological polar surface area (TPSA) is 64.1 Å². The standard InChI is InChI=1S/C36H45F6N3O3/c1-2-45(32(46)19-24-17-28(35(37,38)39)20-29(18-24)36(40,41)42)30-13-15-43(16-14-30)21-27-22-44(23-31(27)25-9-5-3-6-10-25)33(34(47)48)26-11-7-4-8-12-26/h3,5-6,9-10,17-18,20,26-27,30-31,33H,2,4,7-8,11-16,19,21-23H2,1H3,(H,47,48). The number of carbonyl (C=O) groups excluding carboxylic acids is 1. The van der Waals surface area contributed by atoms with Gasteiger partial charge in [0.2, 0.25) is 5.91 Å². The summed E-state index contributed by atoms with van der Waals surface area (Å²) in [6, 6.07) is 10.9. The Labute approximate surface area is 278 Å². The lowest BCUT2D eigenvalue weighted by Crippen LogP contribution is -2.49. The van der Waals surface area contributed by atoms with Crippen LogP contribution in [-0.2, 0) is 28.4 Å². The molecule has 3 unspecified atom stereocenters. The van der Waals surface area contributed by atoms with Gasteiger partial charge in [-0.1, -0.05) is 49.6 Å². The first-order valence-electron chi connectivity index (χ1n) is 17.1. The number of likely N-dealkylation sites (N-methyl/N-ethyl adjacent to an activating group) is 1. The van der Waals surface area contributed by atoms with Gasteiger partial charge >= 0.3 is 18.3 Å². The van der Waals surface area contributed by atoms with Crippen LogP contribution < -0.4 is 0 Å². The van der Waals surface area contributed by atoms with Crippen LogP contribution >= 0.6 is 0 Å². The molecule has 264 valence electrons. The molecule has 3 atom stereocenters. The fourth-order valence-electron chi connectivity index (χ4n) is 8.28. The molecule has 0 aromatic heterocycles. The number of halogens is 6. The van der Waals surface area contributed by atoms with E-state index >= 15 is 0 Å². The van der Waals surface area contributed by atoms with Crippen molar-refractivity contribution in [1.82, 2.24) is 14.7 Å². The molecule has 3 fully saturated rings. The second kappa shape index (κ2) is 15.2. The highest BCUT2D eigenvalue weighted by atomic mass is 19.4. The zero-order valence-corrected chi connectivity index (χ0v) is 27.3. The van der Waals surface area contributed by atoms with Crippen LogP contribution in [0.3, 0.4) is 0 Å². The van der Waals surface area contributed by atoms with Crippen LogP contribution in [0.2, 0.25) is 0 Å². The van der Waals surface area contributed by atoms with Gasteiger partial charge in [0.25, 0.3) is 0 Å². The fraction of sp³-hybridized carbons (Fsp3) is 0.611. The second-order valence-electron chi connectivity index (χ2n) is 13.7. The zero-order valence-electron chi connectivity index (χ0n) is 27.3. The number of carbonyl (C=O) groups is 2. The number of rotatable bonds is 10. The Bertz CT molecular complexity index is 1360. The monoisotopic (exact) mass is 681 g/mol. The number of amides is 1. The van der Waals surface area contributed by atoms with Crippen molar-refractivity contribution < 1.29 is 41.0 Å². The number of aliphatic carboxylic acids is 1. The lowest BCUT2D eigenvalue weighted by Gasteiger charge is -2.39. The number of hydrogen-bond acceptors (Lipinski definition) is 4. The molecule has 2 aromatic carbocycles. The summed E-state index contributed by atoms with van der Waals surface area (Å²) in [7, 11) is 0. The molecule has 2 heterocycles. The first kappa shape index (κ1) is 36.2. The predicted molar refractivity (Wildman–Crippen MR) is 169 cm³/mol. The highest BCUT2D eigenvalue weighted by molar-refractivity contribution is 5.79. The van der Waals surface area contributed by atoms with Gasteiger partial charge in [0.1, 0.15) is 6.04 Å². The lowest BCUT2D eigenvalue weighted by atomic mass is 9.83. The molecule has 3 aliphatic rings. The molecule has 0 bridgehead atoms. The first-order chi connectivity index (χ1) is 22.7. The van der Waals surface area contributed by atoms with Crippen LogP contribution in [0.1, 0.15) is 80.0 Å². The van der Waals surface area contributed by atoms with Gasteiger partial charge < -0.3 is 14.9 Å². The summed E-state index contributed by atoms with van der Waals surface area (Å²) in [4.78, 5) is 32.0. The first-order valence-corrected chi connectivity index (χ1v) is 17.1. The molecular formula is C36H45F6N3O3. The predicted octanol–water partition coefficient (Wildman–Crippen LogP) is 7.33. The van der Waals surface area contributed by atoms with E-state index in [0.29, 0.717) is 57.7 Å². The summed E-state index contributed by atoms with van der Waals surface area (Å²) >= 11 is 0. The molecule has 48 heavy (non-hydrogen) atoms. The number of hydrogen-bond donors (Lipinski definition) is 1. The van der Waals surface area contributed by atoms with E-state index in [1.165, 1.54) is 5.56 Å². The molecule has 6 nitrogen and oxygen atoms in total. The highest BCUT2D eigenvalue weighted by Crippen LogP contribution is 2.39. The summed E-state index contributed by atoms with van der Waals surface area (Å²) in [5, 5.41) is 10.3. The maximum atomic E-state index is 13.4. The molecule has 5 rings (SSSR count). The summed E-state index contributed by atoms with van der Waals surface area (Å²) in [5.41, 5.74) is -1.98. The highest BCUT2D eigenvalue weighted by Gasteiger charge is 2.43. The van der Waals surface area contributed by atoms with Crippen molar-refractivity contribution in [1.29, 1.82) is 0 Å². The van der Waals surface area contributed by atoms with Crippen LogP contribution in [0, 0.1) is 11.8 Å². The molecule has 2 saturated heterocycles. The summed E-state index contributed by atoms with van der Waals surface area (Å²) in [6.07, 6.45) is -4.10. The van der Waals surface area contributed by atoms with Gasteiger partial charge in [0.05, 0.1) is 17.5 Å². The molecule has 1 N–H and O–H groups in total. The molecular weight excluding hydrogens is 636 g/mol. The van der Waals surface area contributed by atoms with E-state index < -0.39 is 47.8 Å². The smallest absolute Gasteiger partial charge is 0.416 e. The Kier molecular flexibility index (Phi) is 11.4.